The van der Waals surface area contributed by atoms with E-state index in [2.05, 4.69) is 356 Å². The van der Waals surface area contributed by atoms with Crippen molar-refractivity contribution >= 4 is 87.6 Å². The summed E-state index contributed by atoms with van der Waals surface area (Å²) in [5.74, 6) is 0. The van der Waals surface area contributed by atoms with Crippen molar-refractivity contribution in [1.29, 1.82) is 0 Å². The third-order valence-corrected chi connectivity index (χ3v) is 22.2. The van der Waals surface area contributed by atoms with E-state index >= 15 is 0 Å². The summed E-state index contributed by atoms with van der Waals surface area (Å²) in [6.07, 6.45) is 0. The Hall–Kier alpha value is -11.3. The molecule has 0 atom stereocenters. The summed E-state index contributed by atoms with van der Waals surface area (Å²) < 4.78 is 9.04. The van der Waals surface area contributed by atoms with Crippen molar-refractivity contribution in [2.24, 2.45) is 0 Å². The third-order valence-electron chi connectivity index (χ3n) is 21.1. The molecule has 0 amide bonds. The highest BCUT2D eigenvalue weighted by Gasteiger charge is 2.38. The topological polar surface area (TPSA) is 19.6 Å². The monoisotopic (exact) mass is 1280 g/mol. The molecule has 0 bridgehead atoms. The van der Waals surface area contributed by atoms with Gasteiger partial charge in [-0.15, -0.1) is 11.3 Å². The van der Waals surface area contributed by atoms with Gasteiger partial charge < -0.3 is 14.2 Å². The molecule has 0 aliphatic heterocycles. The summed E-state index contributed by atoms with van der Waals surface area (Å²) in [4.78, 5) is 4.89. The maximum absolute atomic E-state index is 6.41. The molecule has 2 aromatic heterocycles. The van der Waals surface area contributed by atoms with Crippen LogP contribution in [0.3, 0.4) is 0 Å². The second-order valence-electron chi connectivity index (χ2n) is 27.8. The zero-order chi connectivity index (χ0) is 66.6. The van der Waals surface area contributed by atoms with Crippen LogP contribution in [0.15, 0.2) is 308 Å². The number of hydrogen-bond acceptors (Lipinski definition) is 4. The lowest BCUT2D eigenvalue weighted by molar-refractivity contribution is 0.660. The average Bonchev–Trinajstić information content (AvgIpc) is 1.57. The van der Waals surface area contributed by atoms with Crippen LogP contribution in [0.2, 0.25) is 0 Å². The smallest absolute Gasteiger partial charge is 0.137 e. The summed E-state index contributed by atoms with van der Waals surface area (Å²) in [7, 11) is 0. The van der Waals surface area contributed by atoms with E-state index in [1.807, 2.05) is 23.5 Å². The van der Waals surface area contributed by atoms with E-state index in [9.17, 15) is 0 Å². The van der Waals surface area contributed by atoms with Gasteiger partial charge in [-0.3, -0.25) is 0 Å². The van der Waals surface area contributed by atoms with Gasteiger partial charge >= 0.3 is 0 Å². The largest absolute Gasteiger partial charge is 0.456 e. The van der Waals surface area contributed by atoms with Crippen molar-refractivity contribution in [2.45, 2.75) is 66.2 Å². The first kappa shape index (κ1) is 60.4. The SMILES string of the molecule is Cc1cc(N(c2ccc3c(c2)C(C)(C)c2ccccc2-3)c2ccc3c(c2)oc2ccccc23)c(C)cc1-c1ccc(-c2ccccc2)cc1.Cc1cc(N(c2ccc3c(c2)C(C)(C)c2ccccc2-3)c2ccc3c(c2)sc2ccccc23)c(C)cc1-c1ccc(-c2ccccc2)cc1. The molecular weight excluding hydrogens is 1210 g/mol. The van der Waals surface area contributed by atoms with Crippen molar-refractivity contribution < 1.29 is 4.42 Å². The van der Waals surface area contributed by atoms with Crippen molar-refractivity contribution in [1.82, 2.24) is 0 Å². The lowest BCUT2D eigenvalue weighted by atomic mass is 9.82. The molecule has 0 saturated carbocycles. The van der Waals surface area contributed by atoms with E-state index < -0.39 is 0 Å². The van der Waals surface area contributed by atoms with Gasteiger partial charge in [0.2, 0.25) is 0 Å². The fourth-order valence-electron chi connectivity index (χ4n) is 15.9. The molecule has 0 saturated heterocycles. The summed E-state index contributed by atoms with van der Waals surface area (Å²) in [6.45, 7) is 18.4. The Morgan fingerprint density at radius 3 is 1.16 bits per heavy atom. The molecule has 3 nitrogen and oxygen atoms in total. The summed E-state index contributed by atoms with van der Waals surface area (Å²) in [6, 6.07) is 111. The van der Waals surface area contributed by atoms with Crippen molar-refractivity contribution in [3.05, 3.63) is 348 Å². The quantitative estimate of drug-likeness (QED) is 0.136. The van der Waals surface area contributed by atoms with E-state index in [1.165, 1.54) is 149 Å². The lowest BCUT2D eigenvalue weighted by Gasteiger charge is -2.30. The highest BCUT2D eigenvalue weighted by Crippen LogP contribution is 2.54. The van der Waals surface area contributed by atoms with E-state index in [1.54, 1.807) is 0 Å². The first-order valence-electron chi connectivity index (χ1n) is 34.2. The van der Waals surface area contributed by atoms with Crippen LogP contribution in [0.1, 0.15) is 72.2 Å². The van der Waals surface area contributed by atoms with Gasteiger partial charge in [0.25, 0.3) is 0 Å². The second kappa shape index (κ2) is 23.8. The highest BCUT2D eigenvalue weighted by atomic mass is 32.1. The molecule has 2 aliphatic rings. The highest BCUT2D eigenvalue weighted by molar-refractivity contribution is 7.25. The zero-order valence-electron chi connectivity index (χ0n) is 56.6. The van der Waals surface area contributed by atoms with Gasteiger partial charge in [0, 0.05) is 82.0 Å². The van der Waals surface area contributed by atoms with Crippen LogP contribution in [0.4, 0.5) is 34.1 Å². The standard InChI is InChI=1S/C47H37NO.C47H37NS/c2*1-30-27-44(31(2)26-41(30)34-20-18-33(19-21-34)32-12-6-5-7-13-32)48(36-23-25-40-39-15-9-11-17-45(39)49-46(40)29-36)35-22-24-38-37-14-8-10-16-42(37)47(3,4)43(38)28-35/h2*5-29H,1-4H3. The van der Waals surface area contributed by atoms with Gasteiger partial charge in [-0.1, -0.05) is 240 Å². The van der Waals surface area contributed by atoms with E-state index in [4.69, 9.17) is 4.42 Å². The Kier molecular flexibility index (Phi) is 14.7. The maximum Gasteiger partial charge on any atom is 0.137 e. The van der Waals surface area contributed by atoms with Gasteiger partial charge in [0.1, 0.15) is 11.2 Å². The minimum absolute atomic E-state index is 0.0796. The fraction of sp³-hybridized carbons (Fsp3) is 0.106. The molecule has 16 aromatic rings. The number of anilines is 6. The Morgan fingerprint density at radius 1 is 0.255 bits per heavy atom. The van der Waals surface area contributed by atoms with Crippen LogP contribution < -0.4 is 9.80 Å². The Balaban J connectivity index is 0.000000147. The number of furan rings is 1. The van der Waals surface area contributed by atoms with E-state index in [0.29, 0.717) is 0 Å². The van der Waals surface area contributed by atoms with Gasteiger partial charge in [-0.25, -0.2) is 0 Å². The number of para-hydroxylation sites is 1. The molecule has 0 N–H and O–H groups in total. The normalized spacial score (nSPS) is 13.1. The number of rotatable bonds is 10. The minimum Gasteiger partial charge on any atom is -0.456 e. The number of thiophene rings is 1. The molecule has 14 aromatic carbocycles. The predicted octanol–water partition coefficient (Wildman–Crippen LogP) is 27.1. The van der Waals surface area contributed by atoms with Crippen molar-refractivity contribution in [2.75, 3.05) is 9.80 Å². The van der Waals surface area contributed by atoms with Gasteiger partial charge in [-0.05, 0) is 224 Å². The molecular formula is C94H74N2OS. The maximum atomic E-state index is 6.41. The summed E-state index contributed by atoms with van der Waals surface area (Å²) in [5, 5.41) is 4.92. The molecule has 0 radical (unpaired) electrons. The molecule has 2 aliphatic carbocycles. The lowest BCUT2D eigenvalue weighted by Crippen LogP contribution is -2.17. The molecule has 4 heteroatoms. The van der Waals surface area contributed by atoms with Crippen LogP contribution in [0.25, 0.3) is 109 Å². The molecule has 0 spiro atoms. The van der Waals surface area contributed by atoms with Crippen LogP contribution >= 0.6 is 11.3 Å². The second-order valence-corrected chi connectivity index (χ2v) is 28.9. The first-order chi connectivity index (χ1) is 47.7. The Labute approximate surface area is 578 Å². The molecule has 98 heavy (non-hydrogen) atoms. The van der Waals surface area contributed by atoms with E-state index in [0.717, 1.165) is 39.0 Å². The number of hydrogen-bond donors (Lipinski definition) is 0. The summed E-state index contributed by atoms with van der Waals surface area (Å²) in [5.41, 5.74) is 34.3. The van der Waals surface area contributed by atoms with Crippen molar-refractivity contribution in [3.63, 3.8) is 0 Å². The van der Waals surface area contributed by atoms with E-state index in [-0.39, 0.29) is 10.8 Å². The number of nitrogens with zero attached hydrogens (tertiary/aromatic N) is 2. The van der Waals surface area contributed by atoms with Crippen LogP contribution in [-0.2, 0) is 10.8 Å². The first-order valence-corrected chi connectivity index (χ1v) is 35.0. The van der Waals surface area contributed by atoms with Crippen LogP contribution in [0.5, 0.6) is 0 Å². The van der Waals surface area contributed by atoms with Gasteiger partial charge in [-0.2, -0.15) is 0 Å². The van der Waals surface area contributed by atoms with Gasteiger partial charge in [0.15, 0.2) is 0 Å². The van der Waals surface area contributed by atoms with Crippen LogP contribution in [0, 0.1) is 27.7 Å². The summed E-state index contributed by atoms with van der Waals surface area (Å²) >= 11 is 1.87. The molecule has 0 unspecified atom stereocenters. The number of aryl methyl sites for hydroxylation is 4. The Bertz CT molecular complexity index is 5430. The van der Waals surface area contributed by atoms with Crippen molar-refractivity contribution in [3.8, 4) is 66.8 Å². The number of benzene rings is 14. The third kappa shape index (κ3) is 10.2. The molecule has 472 valence electrons. The molecule has 2 heterocycles. The predicted molar refractivity (Wildman–Crippen MR) is 418 cm³/mol. The van der Waals surface area contributed by atoms with Crippen LogP contribution in [-0.4, -0.2) is 0 Å². The average molecular weight is 1280 g/mol. The fourth-order valence-corrected chi connectivity index (χ4v) is 17.0. The molecule has 0 fully saturated rings. The van der Waals surface area contributed by atoms with Gasteiger partial charge in [0.05, 0.1) is 0 Å². The zero-order valence-corrected chi connectivity index (χ0v) is 57.4. The Morgan fingerprint density at radius 2 is 0.633 bits per heavy atom. The molecule has 18 rings (SSSR count). The number of fused-ring (bicyclic) bond motifs is 12. The minimum atomic E-state index is -0.100.